The van der Waals surface area contributed by atoms with Gasteiger partial charge in [0.15, 0.2) is 0 Å². The highest BCUT2D eigenvalue weighted by atomic mass is 15.4. The lowest BCUT2D eigenvalue weighted by molar-refractivity contribution is 0.130. The normalized spacial score (nSPS) is 20.9. The monoisotopic (exact) mass is 310 g/mol. The molecule has 1 saturated heterocycles. The number of aromatic nitrogens is 5. The Morgan fingerprint density at radius 2 is 2.26 bits per heavy atom. The molecule has 6 nitrogen and oxygen atoms in total. The summed E-state index contributed by atoms with van der Waals surface area (Å²) >= 11 is 0. The maximum atomic E-state index is 4.35. The van der Waals surface area contributed by atoms with Gasteiger partial charge < -0.3 is 5.32 Å². The number of H-pyrrole nitrogens is 1. The molecular formula is C17H22N6. The molecule has 0 bridgehead atoms. The van der Waals surface area contributed by atoms with Crippen LogP contribution in [0.1, 0.15) is 20.3 Å². The van der Waals surface area contributed by atoms with Crippen molar-refractivity contribution < 1.29 is 0 Å². The quantitative estimate of drug-likeness (QED) is 0.779. The second-order valence-corrected chi connectivity index (χ2v) is 7.14. The Bertz CT molecular complexity index is 815. The molecule has 1 aliphatic heterocycles. The van der Waals surface area contributed by atoms with E-state index >= 15 is 0 Å². The van der Waals surface area contributed by atoms with Crippen molar-refractivity contribution in [3.63, 3.8) is 0 Å². The summed E-state index contributed by atoms with van der Waals surface area (Å²) in [4.78, 5) is 0. The average molecular weight is 310 g/mol. The number of hydrogen-bond acceptors (Lipinski definition) is 4. The van der Waals surface area contributed by atoms with Crippen LogP contribution in [0.3, 0.4) is 0 Å². The van der Waals surface area contributed by atoms with Crippen molar-refractivity contribution in [1.82, 2.24) is 30.5 Å². The van der Waals surface area contributed by atoms with Crippen LogP contribution in [0.2, 0.25) is 0 Å². The maximum Gasteiger partial charge on any atom is 0.113 e. The number of piperidine rings is 1. The average Bonchev–Trinajstić information content (AvgIpc) is 3.17. The van der Waals surface area contributed by atoms with Crippen LogP contribution in [-0.4, -0.2) is 38.3 Å². The van der Waals surface area contributed by atoms with Gasteiger partial charge in [-0.1, -0.05) is 31.2 Å². The molecule has 0 saturated carbocycles. The molecule has 1 aromatic carbocycles. The van der Waals surface area contributed by atoms with Gasteiger partial charge in [-0.15, -0.1) is 5.10 Å². The Morgan fingerprint density at radius 3 is 3.13 bits per heavy atom. The van der Waals surface area contributed by atoms with Crippen LogP contribution in [0.5, 0.6) is 0 Å². The van der Waals surface area contributed by atoms with Crippen molar-refractivity contribution in [3.05, 3.63) is 30.6 Å². The maximum absolute atomic E-state index is 4.35. The fourth-order valence-electron chi connectivity index (χ4n) is 3.32. The molecule has 0 radical (unpaired) electrons. The Balaban J connectivity index is 1.56. The molecule has 6 heteroatoms. The first kappa shape index (κ1) is 14.4. The highest BCUT2D eigenvalue weighted by Gasteiger charge is 2.32. The minimum Gasteiger partial charge on any atom is -0.316 e. The van der Waals surface area contributed by atoms with Gasteiger partial charge in [0, 0.05) is 24.0 Å². The Labute approximate surface area is 135 Å². The van der Waals surface area contributed by atoms with E-state index < -0.39 is 0 Å². The number of hydrogen-bond donors (Lipinski definition) is 2. The summed E-state index contributed by atoms with van der Waals surface area (Å²) in [5, 5.41) is 20.3. The van der Waals surface area contributed by atoms with Crippen LogP contribution >= 0.6 is 0 Å². The van der Waals surface area contributed by atoms with Gasteiger partial charge in [0.2, 0.25) is 0 Å². The van der Waals surface area contributed by atoms with E-state index in [9.17, 15) is 0 Å². The molecule has 3 heterocycles. The van der Waals surface area contributed by atoms with Crippen molar-refractivity contribution in [3.8, 4) is 11.3 Å². The van der Waals surface area contributed by atoms with Gasteiger partial charge in [-0.2, -0.15) is 5.10 Å². The Kier molecular flexibility index (Phi) is 3.41. The van der Waals surface area contributed by atoms with Gasteiger partial charge in [-0.3, -0.25) is 9.78 Å². The van der Waals surface area contributed by atoms with Crippen LogP contribution in [0, 0.1) is 11.3 Å². The molecule has 0 amide bonds. The van der Waals surface area contributed by atoms with Gasteiger partial charge in [0.1, 0.15) is 5.69 Å². The molecule has 4 rings (SSSR count). The fraction of sp³-hybridized carbons (Fsp3) is 0.471. The summed E-state index contributed by atoms with van der Waals surface area (Å²) in [5.74, 6) is 0.570. The van der Waals surface area contributed by atoms with E-state index in [0.717, 1.165) is 41.8 Å². The number of nitrogens with one attached hydrogen (secondary N) is 2. The minimum atomic E-state index is 0.339. The van der Waals surface area contributed by atoms with E-state index in [1.807, 2.05) is 17.1 Å². The summed E-state index contributed by atoms with van der Waals surface area (Å²) in [6, 6.07) is 6.20. The van der Waals surface area contributed by atoms with E-state index in [1.165, 1.54) is 6.42 Å². The molecule has 2 aromatic heterocycles. The third-order valence-corrected chi connectivity index (χ3v) is 5.13. The van der Waals surface area contributed by atoms with Crippen LogP contribution in [0.4, 0.5) is 0 Å². The van der Waals surface area contributed by atoms with Gasteiger partial charge in [0.05, 0.1) is 17.9 Å². The molecule has 1 aliphatic rings. The van der Waals surface area contributed by atoms with Crippen LogP contribution in [-0.2, 0) is 6.54 Å². The summed E-state index contributed by atoms with van der Waals surface area (Å²) in [6.45, 7) is 7.75. The molecule has 23 heavy (non-hydrogen) atoms. The van der Waals surface area contributed by atoms with E-state index in [2.05, 4.69) is 57.9 Å². The molecule has 1 unspecified atom stereocenters. The Morgan fingerprint density at radius 1 is 1.35 bits per heavy atom. The van der Waals surface area contributed by atoms with Crippen molar-refractivity contribution in [2.45, 2.75) is 26.8 Å². The number of rotatable bonds is 3. The van der Waals surface area contributed by atoms with Crippen LogP contribution in [0.25, 0.3) is 22.2 Å². The number of nitrogens with zero attached hydrogens (tertiary/aromatic N) is 4. The summed E-state index contributed by atoms with van der Waals surface area (Å²) in [5.41, 5.74) is 3.33. The molecule has 3 aromatic rings. The largest absolute Gasteiger partial charge is 0.316 e. The number of aromatic amines is 1. The smallest absolute Gasteiger partial charge is 0.113 e. The van der Waals surface area contributed by atoms with Gasteiger partial charge in [-0.05, 0) is 30.4 Å². The van der Waals surface area contributed by atoms with Crippen LogP contribution in [0.15, 0.2) is 30.6 Å². The number of benzene rings is 1. The fourth-order valence-corrected chi connectivity index (χ4v) is 3.32. The standard InChI is InChI=1S/C17H22N6/c1-17(2)5-6-18-9-14(17)10-23-11-16(21-22-23)12-3-4-13-8-19-20-15(13)7-12/h3-4,7-8,11,14,18H,5-6,9-10H2,1-2H3,(H,19,20). The lowest BCUT2D eigenvalue weighted by atomic mass is 9.74. The molecule has 120 valence electrons. The van der Waals surface area contributed by atoms with Crippen molar-refractivity contribution in [2.75, 3.05) is 13.1 Å². The third kappa shape index (κ3) is 2.74. The first-order valence-electron chi connectivity index (χ1n) is 8.16. The molecule has 1 atom stereocenters. The van der Waals surface area contributed by atoms with Gasteiger partial charge in [-0.25, -0.2) is 0 Å². The second kappa shape index (κ2) is 5.45. The summed E-state index contributed by atoms with van der Waals surface area (Å²) < 4.78 is 1.98. The SMILES string of the molecule is CC1(C)CCNCC1Cn1cc(-c2ccc3cn[nH]c3c2)nn1. The van der Waals surface area contributed by atoms with Gasteiger partial charge >= 0.3 is 0 Å². The molecule has 1 fully saturated rings. The summed E-state index contributed by atoms with van der Waals surface area (Å²) in [6.07, 6.45) is 5.08. The lowest BCUT2D eigenvalue weighted by Crippen LogP contribution is -2.43. The zero-order valence-corrected chi connectivity index (χ0v) is 13.6. The van der Waals surface area contributed by atoms with Crippen LogP contribution < -0.4 is 5.32 Å². The lowest BCUT2D eigenvalue weighted by Gasteiger charge is -2.38. The highest BCUT2D eigenvalue weighted by molar-refractivity contribution is 5.82. The van der Waals surface area contributed by atoms with E-state index in [-0.39, 0.29) is 0 Å². The van der Waals surface area contributed by atoms with E-state index in [4.69, 9.17) is 0 Å². The van der Waals surface area contributed by atoms with E-state index in [1.54, 1.807) is 0 Å². The van der Waals surface area contributed by atoms with Crippen molar-refractivity contribution in [2.24, 2.45) is 11.3 Å². The van der Waals surface area contributed by atoms with E-state index in [0.29, 0.717) is 11.3 Å². The zero-order valence-electron chi connectivity index (χ0n) is 13.6. The predicted octanol–water partition coefficient (Wildman–Crippen LogP) is 2.46. The topological polar surface area (TPSA) is 71.4 Å². The first-order chi connectivity index (χ1) is 11.1. The number of fused-ring (bicyclic) bond motifs is 1. The Hall–Kier alpha value is -2.21. The minimum absolute atomic E-state index is 0.339. The van der Waals surface area contributed by atoms with Crippen molar-refractivity contribution in [1.29, 1.82) is 0 Å². The molecule has 0 aliphatic carbocycles. The highest BCUT2D eigenvalue weighted by Crippen LogP contribution is 2.33. The third-order valence-electron chi connectivity index (χ3n) is 5.13. The predicted molar refractivity (Wildman–Crippen MR) is 89.9 cm³/mol. The van der Waals surface area contributed by atoms with Crippen molar-refractivity contribution >= 4 is 10.9 Å². The first-order valence-corrected chi connectivity index (χ1v) is 8.16. The zero-order chi connectivity index (χ0) is 15.9. The van der Waals surface area contributed by atoms with Gasteiger partial charge in [0.25, 0.3) is 0 Å². The second-order valence-electron chi connectivity index (χ2n) is 7.14. The molecular weight excluding hydrogens is 288 g/mol. The summed E-state index contributed by atoms with van der Waals surface area (Å²) in [7, 11) is 0. The molecule has 2 N–H and O–H groups in total. The molecule has 0 spiro atoms.